The molecule has 1 N–H and O–H groups in total. The van der Waals surface area contributed by atoms with Crippen molar-refractivity contribution < 1.29 is 4.79 Å². The second-order valence-corrected chi connectivity index (χ2v) is 6.07. The molecule has 0 aliphatic heterocycles. The summed E-state index contributed by atoms with van der Waals surface area (Å²) in [5.74, 6) is -0.330. The minimum absolute atomic E-state index is 0.329. The molecule has 1 heterocycles. The van der Waals surface area contributed by atoms with Crippen molar-refractivity contribution in [1.82, 2.24) is 10.4 Å². The number of nitrogens with one attached hydrogen (secondary N) is 1. The highest BCUT2D eigenvalue weighted by Crippen LogP contribution is 2.20. The van der Waals surface area contributed by atoms with Crippen molar-refractivity contribution in [3.8, 4) is 0 Å². The van der Waals surface area contributed by atoms with E-state index in [0.29, 0.717) is 21.3 Å². The number of pyridine rings is 1. The molecule has 6 heteroatoms. The Hall–Kier alpha value is -2.43. The van der Waals surface area contributed by atoms with Crippen molar-refractivity contribution in [3.63, 3.8) is 0 Å². The van der Waals surface area contributed by atoms with Gasteiger partial charge in [0.15, 0.2) is 0 Å². The largest absolute Gasteiger partial charge is 0.271 e. The standard InChI is InChI=1S/C18H13Cl2N3O/c1-11-2-7-16-13(8-11)9-14(17(20)22-16)10-21-23-18(24)12-3-5-15(19)6-4-12/h2-10H,1H3,(H,23,24)/b21-10-. The van der Waals surface area contributed by atoms with E-state index in [2.05, 4.69) is 15.5 Å². The van der Waals surface area contributed by atoms with Crippen molar-refractivity contribution in [2.75, 3.05) is 0 Å². The van der Waals surface area contributed by atoms with Crippen LogP contribution in [0.4, 0.5) is 0 Å². The van der Waals surface area contributed by atoms with Gasteiger partial charge in [0.25, 0.3) is 5.91 Å². The third kappa shape index (κ3) is 3.72. The van der Waals surface area contributed by atoms with Crippen LogP contribution in [0.1, 0.15) is 21.5 Å². The van der Waals surface area contributed by atoms with Crippen molar-refractivity contribution >= 4 is 46.2 Å². The highest BCUT2D eigenvalue weighted by atomic mass is 35.5. The first kappa shape index (κ1) is 16.4. The summed E-state index contributed by atoms with van der Waals surface area (Å²) >= 11 is 12.0. The second kappa shape index (κ2) is 6.99. The van der Waals surface area contributed by atoms with Crippen molar-refractivity contribution in [1.29, 1.82) is 0 Å². The zero-order chi connectivity index (χ0) is 17.1. The van der Waals surface area contributed by atoms with Crippen LogP contribution in [0.15, 0.2) is 53.6 Å². The van der Waals surface area contributed by atoms with Gasteiger partial charge < -0.3 is 0 Å². The highest BCUT2D eigenvalue weighted by Gasteiger charge is 2.05. The topological polar surface area (TPSA) is 54.4 Å². The number of aromatic nitrogens is 1. The normalized spacial score (nSPS) is 11.1. The summed E-state index contributed by atoms with van der Waals surface area (Å²) in [6.45, 7) is 2.01. The molecule has 0 spiro atoms. The van der Waals surface area contributed by atoms with Crippen molar-refractivity contribution in [2.45, 2.75) is 6.92 Å². The van der Waals surface area contributed by atoms with E-state index < -0.39 is 0 Å². The van der Waals surface area contributed by atoms with E-state index >= 15 is 0 Å². The number of nitrogens with zero attached hydrogens (tertiary/aromatic N) is 2. The molecule has 3 rings (SSSR count). The van der Waals surface area contributed by atoms with Crippen molar-refractivity contribution in [2.24, 2.45) is 5.10 Å². The number of rotatable bonds is 3. The monoisotopic (exact) mass is 357 g/mol. The number of hydrazone groups is 1. The fraction of sp³-hybridized carbons (Fsp3) is 0.0556. The first-order valence-electron chi connectivity index (χ1n) is 7.19. The van der Waals surface area contributed by atoms with E-state index in [1.807, 2.05) is 31.2 Å². The average Bonchev–Trinajstić information content (AvgIpc) is 2.56. The molecule has 0 saturated carbocycles. The smallest absolute Gasteiger partial charge is 0.267 e. The summed E-state index contributed by atoms with van der Waals surface area (Å²) in [5, 5.41) is 5.81. The molecule has 1 amide bonds. The summed E-state index contributed by atoms with van der Waals surface area (Å²) < 4.78 is 0. The Morgan fingerprint density at radius 2 is 1.88 bits per heavy atom. The van der Waals surface area contributed by atoms with Gasteiger partial charge in [0.2, 0.25) is 0 Å². The zero-order valence-electron chi connectivity index (χ0n) is 12.8. The summed E-state index contributed by atoms with van der Waals surface area (Å²) in [5.41, 5.74) is 5.50. The summed E-state index contributed by atoms with van der Waals surface area (Å²) in [6.07, 6.45) is 1.48. The first-order chi connectivity index (χ1) is 11.5. The Bertz CT molecular complexity index is 937. The van der Waals surface area contributed by atoms with Crippen LogP contribution in [-0.2, 0) is 0 Å². The summed E-state index contributed by atoms with van der Waals surface area (Å²) in [4.78, 5) is 16.3. The van der Waals surface area contributed by atoms with E-state index in [1.54, 1.807) is 24.3 Å². The lowest BCUT2D eigenvalue weighted by Gasteiger charge is -2.03. The number of aryl methyl sites for hydroxylation is 1. The fourth-order valence-electron chi connectivity index (χ4n) is 2.21. The predicted octanol–water partition coefficient (Wildman–Crippen LogP) is 4.61. The number of halogens is 2. The lowest BCUT2D eigenvalue weighted by molar-refractivity contribution is 0.0955. The predicted molar refractivity (Wildman–Crippen MR) is 98.0 cm³/mol. The maximum atomic E-state index is 12.0. The molecule has 120 valence electrons. The zero-order valence-corrected chi connectivity index (χ0v) is 14.3. The molecule has 0 saturated heterocycles. The molecule has 4 nitrogen and oxygen atoms in total. The maximum absolute atomic E-state index is 12.0. The SMILES string of the molecule is Cc1ccc2nc(Cl)c(/C=N\NC(=O)c3ccc(Cl)cc3)cc2c1. The lowest BCUT2D eigenvalue weighted by atomic mass is 10.1. The van der Waals surface area contributed by atoms with Gasteiger partial charge in [-0.25, -0.2) is 10.4 Å². The molecule has 0 unspecified atom stereocenters. The van der Waals surface area contributed by atoms with Crippen LogP contribution in [0.25, 0.3) is 10.9 Å². The van der Waals surface area contributed by atoms with E-state index in [-0.39, 0.29) is 5.91 Å². The molecular weight excluding hydrogens is 345 g/mol. The minimum Gasteiger partial charge on any atom is -0.267 e. The Morgan fingerprint density at radius 1 is 1.12 bits per heavy atom. The van der Waals surface area contributed by atoms with Crippen LogP contribution in [0.5, 0.6) is 0 Å². The molecule has 2 aromatic carbocycles. The molecule has 0 radical (unpaired) electrons. The molecule has 0 fully saturated rings. The van der Waals surface area contributed by atoms with Gasteiger partial charge in [-0.05, 0) is 49.4 Å². The van der Waals surface area contributed by atoms with Gasteiger partial charge in [-0.1, -0.05) is 34.8 Å². The van der Waals surface area contributed by atoms with Gasteiger partial charge >= 0.3 is 0 Å². The third-order valence-corrected chi connectivity index (χ3v) is 3.98. The Labute approximate surface area is 149 Å². The molecule has 1 aromatic heterocycles. The summed E-state index contributed by atoms with van der Waals surface area (Å²) in [6, 6.07) is 14.3. The van der Waals surface area contributed by atoms with Gasteiger partial charge in [0, 0.05) is 21.5 Å². The van der Waals surface area contributed by atoms with E-state index in [0.717, 1.165) is 16.5 Å². The summed E-state index contributed by atoms with van der Waals surface area (Å²) in [7, 11) is 0. The number of benzene rings is 2. The highest BCUT2D eigenvalue weighted by molar-refractivity contribution is 6.32. The van der Waals surface area contributed by atoms with Gasteiger partial charge in [-0.15, -0.1) is 0 Å². The number of hydrogen-bond donors (Lipinski definition) is 1. The number of fused-ring (bicyclic) bond motifs is 1. The minimum atomic E-state index is -0.330. The number of hydrogen-bond acceptors (Lipinski definition) is 3. The fourth-order valence-corrected chi connectivity index (χ4v) is 2.53. The number of carbonyl (C=O) groups excluding carboxylic acids is 1. The lowest BCUT2D eigenvalue weighted by Crippen LogP contribution is -2.17. The number of amides is 1. The van der Waals surface area contributed by atoms with Crippen LogP contribution in [0.2, 0.25) is 10.2 Å². The average molecular weight is 358 g/mol. The van der Waals surface area contributed by atoms with Crippen LogP contribution in [0.3, 0.4) is 0 Å². The van der Waals surface area contributed by atoms with E-state index in [1.165, 1.54) is 6.21 Å². The van der Waals surface area contributed by atoms with Gasteiger partial charge in [0.1, 0.15) is 5.15 Å². The molecule has 0 bridgehead atoms. The van der Waals surface area contributed by atoms with Gasteiger partial charge in [-0.3, -0.25) is 4.79 Å². The van der Waals surface area contributed by atoms with Crippen LogP contribution in [0, 0.1) is 6.92 Å². The second-order valence-electron chi connectivity index (χ2n) is 5.27. The van der Waals surface area contributed by atoms with Crippen LogP contribution < -0.4 is 5.43 Å². The molecule has 0 aliphatic carbocycles. The first-order valence-corrected chi connectivity index (χ1v) is 7.94. The Morgan fingerprint density at radius 3 is 2.62 bits per heavy atom. The van der Waals surface area contributed by atoms with Crippen LogP contribution >= 0.6 is 23.2 Å². The van der Waals surface area contributed by atoms with E-state index in [4.69, 9.17) is 23.2 Å². The molecule has 24 heavy (non-hydrogen) atoms. The quantitative estimate of drug-likeness (QED) is 0.422. The molecule has 0 aliphatic rings. The Kier molecular flexibility index (Phi) is 4.79. The maximum Gasteiger partial charge on any atom is 0.271 e. The third-order valence-electron chi connectivity index (χ3n) is 3.43. The van der Waals surface area contributed by atoms with Crippen molar-refractivity contribution in [3.05, 3.63) is 75.4 Å². The molecular formula is C18H13Cl2N3O. The van der Waals surface area contributed by atoms with Gasteiger partial charge in [0.05, 0.1) is 11.7 Å². The molecule has 3 aromatic rings. The van der Waals surface area contributed by atoms with Crippen LogP contribution in [-0.4, -0.2) is 17.1 Å². The van der Waals surface area contributed by atoms with Gasteiger partial charge in [-0.2, -0.15) is 5.10 Å². The van der Waals surface area contributed by atoms with E-state index in [9.17, 15) is 4.79 Å². The Balaban J connectivity index is 1.78. The molecule has 0 atom stereocenters. The number of carbonyl (C=O) groups is 1.